The van der Waals surface area contributed by atoms with Gasteiger partial charge in [0, 0.05) is 11.6 Å². The Morgan fingerprint density at radius 3 is 2.29 bits per heavy atom. The molecule has 2 rings (SSSR count). The maximum atomic E-state index is 12.4. The van der Waals surface area contributed by atoms with E-state index in [2.05, 4.69) is 13.0 Å². The van der Waals surface area contributed by atoms with Crippen LogP contribution in [0.3, 0.4) is 0 Å². The molecule has 2 aromatic carbocycles. The maximum absolute atomic E-state index is 12.4. The van der Waals surface area contributed by atoms with E-state index in [0.717, 1.165) is 23.1 Å². The van der Waals surface area contributed by atoms with Crippen LogP contribution >= 0.6 is 0 Å². The van der Waals surface area contributed by atoms with Crippen molar-refractivity contribution in [2.75, 3.05) is 21.3 Å². The Kier molecular flexibility index (Phi) is 6.01. The van der Waals surface area contributed by atoms with Crippen LogP contribution in [-0.4, -0.2) is 27.3 Å². The average Bonchev–Trinajstić information content (AvgIpc) is 2.65. The Labute approximate surface area is 142 Å². The smallest absolute Gasteiger partial charge is 0.342 e. The largest absolute Gasteiger partial charge is 0.497 e. The topological polar surface area (TPSA) is 44.8 Å². The number of methoxy groups -OCH3 is 3. The quantitative estimate of drug-likeness (QED) is 0.741. The van der Waals surface area contributed by atoms with Crippen molar-refractivity contribution in [2.24, 2.45) is 0 Å². The normalized spacial score (nSPS) is 11.1. The number of esters is 1. The molecular weight excluding hydrogens is 304 g/mol. The standard InChI is InChI=1S/C20H22O4/c1-5-9-16(14-10-7-6-8-11-14)17-12-15(22-2)13-18(23-3)19(17)20(21)24-4/h6-13H,5H2,1-4H3/b16-9+. The van der Waals surface area contributed by atoms with E-state index in [9.17, 15) is 4.79 Å². The highest BCUT2D eigenvalue weighted by Gasteiger charge is 2.22. The van der Waals surface area contributed by atoms with Crippen LogP contribution in [-0.2, 0) is 4.74 Å². The van der Waals surface area contributed by atoms with Crippen LogP contribution in [0.15, 0.2) is 48.5 Å². The molecule has 0 saturated carbocycles. The van der Waals surface area contributed by atoms with Gasteiger partial charge in [-0.05, 0) is 23.6 Å². The second-order valence-electron chi connectivity index (χ2n) is 5.14. The molecule has 126 valence electrons. The molecule has 0 aliphatic carbocycles. The van der Waals surface area contributed by atoms with Crippen LogP contribution < -0.4 is 9.47 Å². The van der Waals surface area contributed by atoms with Gasteiger partial charge in [-0.2, -0.15) is 0 Å². The zero-order valence-electron chi connectivity index (χ0n) is 14.5. The minimum atomic E-state index is -0.442. The Bertz CT molecular complexity index is 733. The van der Waals surface area contributed by atoms with Crippen LogP contribution in [0.5, 0.6) is 11.5 Å². The van der Waals surface area contributed by atoms with E-state index in [4.69, 9.17) is 14.2 Å². The molecule has 4 heteroatoms. The summed E-state index contributed by atoms with van der Waals surface area (Å²) in [7, 11) is 4.47. The fourth-order valence-corrected chi connectivity index (χ4v) is 2.60. The fraction of sp³-hybridized carbons (Fsp3) is 0.250. The molecule has 0 aromatic heterocycles. The monoisotopic (exact) mass is 326 g/mol. The highest BCUT2D eigenvalue weighted by atomic mass is 16.5. The first kappa shape index (κ1) is 17.6. The van der Waals surface area contributed by atoms with Crippen LogP contribution in [0, 0.1) is 0 Å². The minimum Gasteiger partial charge on any atom is -0.497 e. The summed E-state index contributed by atoms with van der Waals surface area (Å²) in [5, 5.41) is 0. The molecule has 2 aromatic rings. The number of allylic oxidation sites excluding steroid dienone is 1. The lowest BCUT2D eigenvalue weighted by Crippen LogP contribution is -2.09. The molecule has 0 N–H and O–H groups in total. The summed E-state index contributed by atoms with van der Waals surface area (Å²) in [6.07, 6.45) is 2.90. The second kappa shape index (κ2) is 8.20. The summed E-state index contributed by atoms with van der Waals surface area (Å²) in [6.45, 7) is 2.05. The average molecular weight is 326 g/mol. The van der Waals surface area contributed by atoms with Gasteiger partial charge in [0.25, 0.3) is 0 Å². The molecule has 0 radical (unpaired) electrons. The van der Waals surface area contributed by atoms with Gasteiger partial charge in [-0.3, -0.25) is 0 Å². The van der Waals surface area contributed by atoms with Gasteiger partial charge >= 0.3 is 5.97 Å². The van der Waals surface area contributed by atoms with Crippen molar-refractivity contribution in [2.45, 2.75) is 13.3 Å². The molecule has 0 unspecified atom stereocenters. The number of carbonyl (C=O) groups is 1. The van der Waals surface area contributed by atoms with Crippen molar-refractivity contribution < 1.29 is 19.0 Å². The molecule has 0 saturated heterocycles. The van der Waals surface area contributed by atoms with Crippen molar-refractivity contribution in [3.8, 4) is 11.5 Å². The lowest BCUT2D eigenvalue weighted by molar-refractivity contribution is 0.0596. The number of hydrogen-bond donors (Lipinski definition) is 0. The molecule has 0 fully saturated rings. The number of carbonyl (C=O) groups excluding carboxylic acids is 1. The predicted molar refractivity (Wildman–Crippen MR) is 94.7 cm³/mol. The third-order valence-electron chi connectivity index (χ3n) is 3.70. The van der Waals surface area contributed by atoms with Crippen LogP contribution in [0.25, 0.3) is 5.57 Å². The van der Waals surface area contributed by atoms with E-state index < -0.39 is 5.97 Å². The van der Waals surface area contributed by atoms with E-state index in [1.165, 1.54) is 14.2 Å². The lowest BCUT2D eigenvalue weighted by Gasteiger charge is -2.17. The summed E-state index contributed by atoms with van der Waals surface area (Å²) in [5.41, 5.74) is 3.07. The third-order valence-corrected chi connectivity index (χ3v) is 3.70. The zero-order valence-corrected chi connectivity index (χ0v) is 14.5. The first-order valence-corrected chi connectivity index (χ1v) is 7.76. The van der Waals surface area contributed by atoms with E-state index in [1.54, 1.807) is 13.2 Å². The van der Waals surface area contributed by atoms with Crippen molar-refractivity contribution >= 4 is 11.5 Å². The fourth-order valence-electron chi connectivity index (χ4n) is 2.60. The summed E-state index contributed by atoms with van der Waals surface area (Å²) in [6, 6.07) is 13.4. The Morgan fingerprint density at radius 1 is 1.04 bits per heavy atom. The Hall–Kier alpha value is -2.75. The molecule has 0 aliphatic heterocycles. The molecule has 24 heavy (non-hydrogen) atoms. The van der Waals surface area contributed by atoms with Crippen molar-refractivity contribution in [1.29, 1.82) is 0 Å². The van der Waals surface area contributed by atoms with Gasteiger partial charge in [0.05, 0.1) is 21.3 Å². The van der Waals surface area contributed by atoms with Gasteiger partial charge in [0.1, 0.15) is 17.1 Å². The highest BCUT2D eigenvalue weighted by Crippen LogP contribution is 2.36. The van der Waals surface area contributed by atoms with E-state index in [-0.39, 0.29) is 0 Å². The molecular formula is C20H22O4. The van der Waals surface area contributed by atoms with Crippen molar-refractivity contribution in [1.82, 2.24) is 0 Å². The number of ether oxygens (including phenoxy) is 3. The Balaban J connectivity index is 2.77. The Morgan fingerprint density at radius 2 is 1.75 bits per heavy atom. The van der Waals surface area contributed by atoms with Gasteiger partial charge in [-0.15, -0.1) is 0 Å². The first-order valence-electron chi connectivity index (χ1n) is 7.76. The van der Waals surface area contributed by atoms with Crippen molar-refractivity contribution in [3.05, 3.63) is 65.2 Å². The molecule has 0 spiro atoms. The van der Waals surface area contributed by atoms with Gasteiger partial charge in [0.15, 0.2) is 0 Å². The molecule has 0 amide bonds. The van der Waals surface area contributed by atoms with Gasteiger partial charge in [-0.1, -0.05) is 43.3 Å². The maximum Gasteiger partial charge on any atom is 0.342 e. The van der Waals surface area contributed by atoms with E-state index in [1.807, 2.05) is 36.4 Å². The summed E-state index contributed by atoms with van der Waals surface area (Å²) in [4.78, 5) is 12.4. The van der Waals surface area contributed by atoms with Crippen LogP contribution in [0.2, 0.25) is 0 Å². The lowest BCUT2D eigenvalue weighted by atomic mass is 9.92. The van der Waals surface area contributed by atoms with E-state index >= 15 is 0 Å². The highest BCUT2D eigenvalue weighted by molar-refractivity contribution is 6.01. The number of hydrogen-bond acceptors (Lipinski definition) is 4. The number of rotatable bonds is 6. The second-order valence-corrected chi connectivity index (χ2v) is 5.14. The minimum absolute atomic E-state index is 0.393. The molecule has 0 bridgehead atoms. The number of benzene rings is 2. The summed E-state index contributed by atoms with van der Waals surface area (Å²) < 4.78 is 15.7. The zero-order chi connectivity index (χ0) is 17.5. The summed E-state index contributed by atoms with van der Waals surface area (Å²) in [5.74, 6) is 0.601. The summed E-state index contributed by atoms with van der Waals surface area (Å²) >= 11 is 0. The SMILES string of the molecule is CC/C=C(\c1ccccc1)c1cc(OC)cc(OC)c1C(=O)OC. The molecule has 0 atom stereocenters. The molecule has 0 heterocycles. The predicted octanol–water partition coefficient (Wildman–Crippen LogP) is 4.33. The van der Waals surface area contributed by atoms with Crippen LogP contribution in [0.1, 0.15) is 34.8 Å². The molecule has 0 aliphatic rings. The van der Waals surface area contributed by atoms with Gasteiger partial charge < -0.3 is 14.2 Å². The van der Waals surface area contributed by atoms with Crippen LogP contribution in [0.4, 0.5) is 0 Å². The van der Waals surface area contributed by atoms with E-state index in [0.29, 0.717) is 17.1 Å². The third kappa shape index (κ3) is 3.59. The van der Waals surface area contributed by atoms with Crippen molar-refractivity contribution in [3.63, 3.8) is 0 Å². The van der Waals surface area contributed by atoms with Gasteiger partial charge in [-0.25, -0.2) is 4.79 Å². The van der Waals surface area contributed by atoms with Gasteiger partial charge in [0.2, 0.25) is 0 Å². The first-order chi connectivity index (χ1) is 11.7. The molecule has 4 nitrogen and oxygen atoms in total.